The second-order valence-electron chi connectivity index (χ2n) is 4.99. The average Bonchev–Trinajstić information content (AvgIpc) is 2.95. The number of hydrogen-bond donors (Lipinski definition) is 2. The quantitative estimate of drug-likeness (QED) is 0.843. The predicted octanol–water partition coefficient (Wildman–Crippen LogP) is 1.02. The molecule has 1 aliphatic rings. The molecule has 1 aromatic carbocycles. The molecule has 2 amide bonds. The lowest BCUT2D eigenvalue weighted by Crippen LogP contribution is -2.39. The number of carbonyl (C=O) groups is 2. The number of aryl methyl sites for hydroxylation is 1. The van der Waals surface area contributed by atoms with Gasteiger partial charge in [-0.1, -0.05) is 17.7 Å². The molecule has 5 heteroatoms. The van der Waals surface area contributed by atoms with Gasteiger partial charge in [-0.3, -0.25) is 9.59 Å². The van der Waals surface area contributed by atoms with Crippen LogP contribution in [0.3, 0.4) is 0 Å². The summed E-state index contributed by atoms with van der Waals surface area (Å²) in [5.74, 6) is -0.428. The molecule has 1 saturated heterocycles. The predicted molar refractivity (Wildman–Crippen MR) is 75.5 cm³/mol. The monoisotopic (exact) mass is 276 g/mol. The summed E-state index contributed by atoms with van der Waals surface area (Å²) in [6.45, 7) is 3.19. The second kappa shape index (κ2) is 7.05. The van der Waals surface area contributed by atoms with Crippen LogP contribution in [0.4, 0.5) is 0 Å². The van der Waals surface area contributed by atoms with Gasteiger partial charge in [0.25, 0.3) is 5.91 Å². The van der Waals surface area contributed by atoms with E-state index in [1.54, 1.807) is 12.1 Å². The van der Waals surface area contributed by atoms with Crippen molar-refractivity contribution in [1.29, 1.82) is 0 Å². The number of amides is 2. The smallest absolute Gasteiger partial charge is 0.251 e. The number of rotatable bonds is 5. The van der Waals surface area contributed by atoms with Crippen molar-refractivity contribution in [2.24, 2.45) is 0 Å². The molecule has 0 spiro atoms. The molecule has 108 valence electrons. The summed E-state index contributed by atoms with van der Waals surface area (Å²) < 4.78 is 5.41. The number of ether oxygens (including phenoxy) is 1. The Morgan fingerprint density at radius 2 is 2.20 bits per heavy atom. The number of hydrogen-bond acceptors (Lipinski definition) is 3. The lowest BCUT2D eigenvalue weighted by Gasteiger charge is -2.11. The zero-order chi connectivity index (χ0) is 14.4. The highest BCUT2D eigenvalue weighted by Gasteiger charge is 2.16. The Bertz CT molecular complexity index is 482. The third kappa shape index (κ3) is 4.35. The minimum atomic E-state index is -0.235. The summed E-state index contributed by atoms with van der Waals surface area (Å²) in [6, 6.07) is 7.26. The van der Waals surface area contributed by atoms with E-state index in [1.165, 1.54) is 0 Å². The van der Waals surface area contributed by atoms with Crippen LogP contribution >= 0.6 is 0 Å². The molecule has 1 heterocycles. The Hall–Kier alpha value is -1.88. The van der Waals surface area contributed by atoms with Gasteiger partial charge >= 0.3 is 0 Å². The van der Waals surface area contributed by atoms with Crippen LogP contribution < -0.4 is 10.6 Å². The molecule has 0 bridgehead atoms. The molecule has 1 aromatic rings. The molecular formula is C15H20N2O3. The zero-order valence-corrected chi connectivity index (χ0v) is 11.6. The molecule has 1 atom stereocenters. The number of nitrogens with one attached hydrogen (secondary N) is 2. The van der Waals surface area contributed by atoms with Gasteiger partial charge in [0, 0.05) is 18.7 Å². The Morgan fingerprint density at radius 3 is 2.90 bits per heavy atom. The normalized spacial score (nSPS) is 17.8. The molecule has 5 nitrogen and oxygen atoms in total. The molecule has 20 heavy (non-hydrogen) atoms. The Labute approximate surface area is 118 Å². The van der Waals surface area contributed by atoms with Crippen LogP contribution in [0.5, 0.6) is 0 Å². The van der Waals surface area contributed by atoms with Crippen LogP contribution in [0.15, 0.2) is 24.3 Å². The summed E-state index contributed by atoms with van der Waals surface area (Å²) in [6.07, 6.45) is 2.15. The van der Waals surface area contributed by atoms with E-state index in [2.05, 4.69) is 10.6 Å². The van der Waals surface area contributed by atoms with Gasteiger partial charge in [0.2, 0.25) is 5.91 Å². The van der Waals surface area contributed by atoms with Crippen molar-refractivity contribution >= 4 is 11.8 Å². The second-order valence-corrected chi connectivity index (χ2v) is 4.99. The van der Waals surface area contributed by atoms with Gasteiger partial charge in [0.15, 0.2) is 0 Å². The van der Waals surface area contributed by atoms with Crippen LogP contribution in [-0.4, -0.2) is 37.6 Å². The highest BCUT2D eigenvalue weighted by Crippen LogP contribution is 2.10. The first kappa shape index (κ1) is 14.5. The standard InChI is InChI=1S/C15H20N2O3/c1-11-4-2-5-12(8-11)15(19)17-10-14(18)16-9-13-6-3-7-20-13/h2,4-5,8,13H,3,6-7,9-10H2,1H3,(H,16,18)(H,17,19). The molecule has 1 unspecified atom stereocenters. The zero-order valence-electron chi connectivity index (χ0n) is 11.6. The summed E-state index contributed by atoms with van der Waals surface area (Å²) in [7, 11) is 0. The van der Waals surface area contributed by atoms with Crippen LogP contribution in [0, 0.1) is 6.92 Å². The fourth-order valence-corrected chi connectivity index (χ4v) is 2.14. The van der Waals surface area contributed by atoms with Gasteiger partial charge in [0.05, 0.1) is 12.6 Å². The SMILES string of the molecule is Cc1cccc(C(=O)NCC(=O)NCC2CCCO2)c1. The van der Waals surface area contributed by atoms with E-state index in [0.29, 0.717) is 12.1 Å². The Kier molecular flexibility index (Phi) is 5.12. The Morgan fingerprint density at radius 1 is 1.35 bits per heavy atom. The van der Waals surface area contributed by atoms with Crippen molar-refractivity contribution in [3.8, 4) is 0 Å². The van der Waals surface area contributed by atoms with E-state index in [1.807, 2.05) is 19.1 Å². The van der Waals surface area contributed by atoms with Gasteiger partial charge in [0.1, 0.15) is 0 Å². The average molecular weight is 276 g/mol. The van der Waals surface area contributed by atoms with Gasteiger partial charge < -0.3 is 15.4 Å². The van der Waals surface area contributed by atoms with E-state index < -0.39 is 0 Å². The highest BCUT2D eigenvalue weighted by atomic mass is 16.5. The van der Waals surface area contributed by atoms with Gasteiger partial charge in [-0.2, -0.15) is 0 Å². The first-order chi connectivity index (χ1) is 9.65. The van der Waals surface area contributed by atoms with E-state index in [0.717, 1.165) is 25.0 Å². The fourth-order valence-electron chi connectivity index (χ4n) is 2.14. The van der Waals surface area contributed by atoms with Gasteiger partial charge in [-0.15, -0.1) is 0 Å². The van der Waals surface area contributed by atoms with Crippen LogP contribution in [0.25, 0.3) is 0 Å². The summed E-state index contributed by atoms with van der Waals surface area (Å²) in [4.78, 5) is 23.5. The summed E-state index contributed by atoms with van der Waals surface area (Å²) in [5, 5.41) is 5.37. The third-order valence-corrected chi connectivity index (χ3v) is 3.24. The van der Waals surface area contributed by atoms with Gasteiger partial charge in [-0.05, 0) is 31.9 Å². The van der Waals surface area contributed by atoms with Crippen molar-refractivity contribution in [2.45, 2.75) is 25.9 Å². The minimum absolute atomic E-state index is 0.0144. The fraction of sp³-hybridized carbons (Fsp3) is 0.467. The maximum absolute atomic E-state index is 11.8. The van der Waals surface area contributed by atoms with E-state index in [9.17, 15) is 9.59 Å². The molecule has 0 saturated carbocycles. The summed E-state index contributed by atoms with van der Waals surface area (Å²) in [5.41, 5.74) is 1.58. The minimum Gasteiger partial charge on any atom is -0.376 e. The molecule has 1 aliphatic heterocycles. The third-order valence-electron chi connectivity index (χ3n) is 3.24. The molecule has 0 radical (unpaired) electrons. The topological polar surface area (TPSA) is 67.4 Å². The first-order valence-corrected chi connectivity index (χ1v) is 6.88. The first-order valence-electron chi connectivity index (χ1n) is 6.88. The van der Waals surface area contributed by atoms with E-state index in [-0.39, 0.29) is 24.5 Å². The Balaban J connectivity index is 1.71. The van der Waals surface area contributed by atoms with Crippen molar-refractivity contribution in [1.82, 2.24) is 10.6 Å². The van der Waals surface area contributed by atoms with E-state index in [4.69, 9.17) is 4.74 Å². The van der Waals surface area contributed by atoms with Crippen molar-refractivity contribution in [2.75, 3.05) is 19.7 Å². The van der Waals surface area contributed by atoms with Crippen molar-refractivity contribution < 1.29 is 14.3 Å². The lowest BCUT2D eigenvalue weighted by atomic mass is 10.1. The molecule has 2 N–H and O–H groups in total. The number of benzene rings is 1. The van der Waals surface area contributed by atoms with Crippen LogP contribution in [-0.2, 0) is 9.53 Å². The largest absolute Gasteiger partial charge is 0.376 e. The van der Waals surface area contributed by atoms with Crippen molar-refractivity contribution in [3.05, 3.63) is 35.4 Å². The summed E-state index contributed by atoms with van der Waals surface area (Å²) >= 11 is 0. The van der Waals surface area contributed by atoms with Crippen molar-refractivity contribution in [3.63, 3.8) is 0 Å². The van der Waals surface area contributed by atoms with E-state index >= 15 is 0 Å². The molecule has 2 rings (SSSR count). The van der Waals surface area contributed by atoms with Gasteiger partial charge in [-0.25, -0.2) is 0 Å². The highest BCUT2D eigenvalue weighted by molar-refractivity contribution is 5.96. The van der Waals surface area contributed by atoms with Crippen LogP contribution in [0.1, 0.15) is 28.8 Å². The molecular weight excluding hydrogens is 256 g/mol. The molecule has 0 aromatic heterocycles. The lowest BCUT2D eigenvalue weighted by molar-refractivity contribution is -0.120. The molecule has 0 aliphatic carbocycles. The maximum atomic E-state index is 11.8. The molecule has 1 fully saturated rings. The maximum Gasteiger partial charge on any atom is 0.251 e. The number of carbonyl (C=O) groups excluding carboxylic acids is 2. The van der Waals surface area contributed by atoms with Crippen LogP contribution in [0.2, 0.25) is 0 Å².